The highest BCUT2D eigenvalue weighted by atomic mass is 16.5. The van der Waals surface area contributed by atoms with Gasteiger partial charge in [0, 0.05) is 18.7 Å². The molecule has 0 radical (unpaired) electrons. The summed E-state index contributed by atoms with van der Waals surface area (Å²) in [6.07, 6.45) is 6.42. The van der Waals surface area contributed by atoms with Crippen LogP contribution in [0.25, 0.3) is 0 Å². The van der Waals surface area contributed by atoms with E-state index in [-0.39, 0.29) is 11.8 Å². The highest BCUT2D eigenvalue weighted by Crippen LogP contribution is 2.35. The maximum absolute atomic E-state index is 13.1. The van der Waals surface area contributed by atoms with Crippen LogP contribution in [0.3, 0.4) is 0 Å². The van der Waals surface area contributed by atoms with E-state index in [1.54, 1.807) is 14.2 Å². The molecule has 0 N–H and O–H groups in total. The quantitative estimate of drug-likeness (QED) is 0.763. The minimum Gasteiger partial charge on any atom is -0.497 e. The van der Waals surface area contributed by atoms with Gasteiger partial charge < -0.3 is 14.4 Å². The van der Waals surface area contributed by atoms with Gasteiger partial charge in [-0.25, -0.2) is 0 Å². The molecule has 128 valence electrons. The monoisotopic (exact) mass is 319 g/mol. The number of carbonyl (C=O) groups is 1. The lowest BCUT2D eigenvalue weighted by Gasteiger charge is -2.31. The first-order chi connectivity index (χ1) is 11.2. The molecule has 0 bridgehead atoms. The van der Waals surface area contributed by atoms with Gasteiger partial charge in [0.2, 0.25) is 5.91 Å². The lowest BCUT2D eigenvalue weighted by Crippen LogP contribution is -2.39. The van der Waals surface area contributed by atoms with Crippen LogP contribution in [0.4, 0.5) is 0 Å². The lowest BCUT2D eigenvalue weighted by molar-refractivity contribution is -0.134. The molecule has 0 spiro atoms. The van der Waals surface area contributed by atoms with Gasteiger partial charge in [-0.1, -0.05) is 19.8 Å². The van der Waals surface area contributed by atoms with Crippen LogP contribution in [0.5, 0.6) is 11.5 Å². The van der Waals surface area contributed by atoms with Gasteiger partial charge in [0.15, 0.2) is 0 Å². The van der Waals surface area contributed by atoms with Gasteiger partial charge in [0.05, 0.1) is 20.1 Å². The smallest absolute Gasteiger partial charge is 0.230 e. The molecule has 1 fully saturated rings. The first kappa shape index (κ1) is 17.6. The molecule has 1 aliphatic rings. The first-order valence-corrected chi connectivity index (χ1v) is 8.72. The zero-order valence-electron chi connectivity index (χ0n) is 14.6. The SMILES string of the molecule is CCCCC(C(=O)N1CCCCC1)c1cc(OC)ccc1OC. The van der Waals surface area contributed by atoms with Crippen LogP contribution in [0, 0.1) is 0 Å². The van der Waals surface area contributed by atoms with E-state index in [4.69, 9.17) is 9.47 Å². The Balaban J connectivity index is 2.31. The third-order valence-corrected chi connectivity index (χ3v) is 4.62. The lowest BCUT2D eigenvalue weighted by atomic mass is 9.90. The number of likely N-dealkylation sites (tertiary alicyclic amines) is 1. The number of hydrogen-bond acceptors (Lipinski definition) is 3. The Kier molecular flexibility index (Phi) is 6.75. The summed E-state index contributed by atoms with van der Waals surface area (Å²) in [7, 11) is 3.31. The summed E-state index contributed by atoms with van der Waals surface area (Å²) in [5.74, 6) is 1.65. The van der Waals surface area contributed by atoms with E-state index in [0.29, 0.717) is 0 Å². The Morgan fingerprint density at radius 3 is 2.52 bits per heavy atom. The Labute approximate surface area is 139 Å². The van der Waals surface area contributed by atoms with Crippen LogP contribution in [0.15, 0.2) is 18.2 Å². The van der Waals surface area contributed by atoms with Crippen molar-refractivity contribution in [2.24, 2.45) is 0 Å². The number of carbonyl (C=O) groups excluding carboxylic acids is 1. The van der Waals surface area contributed by atoms with Gasteiger partial charge in [0.25, 0.3) is 0 Å². The molecule has 1 aromatic rings. The van der Waals surface area contributed by atoms with Crippen LogP contribution >= 0.6 is 0 Å². The molecule has 1 aliphatic heterocycles. The molecule has 1 aromatic carbocycles. The van der Waals surface area contributed by atoms with E-state index in [2.05, 4.69) is 6.92 Å². The fourth-order valence-electron chi connectivity index (χ4n) is 3.27. The average Bonchev–Trinajstić information content (AvgIpc) is 2.62. The second-order valence-electron chi connectivity index (χ2n) is 6.19. The minimum absolute atomic E-state index is 0.141. The molecular formula is C19H29NO3. The maximum atomic E-state index is 13.1. The summed E-state index contributed by atoms with van der Waals surface area (Å²) in [4.78, 5) is 15.1. The van der Waals surface area contributed by atoms with Gasteiger partial charge in [-0.2, -0.15) is 0 Å². The molecule has 0 aromatic heterocycles. The normalized spacial score (nSPS) is 16.0. The van der Waals surface area contributed by atoms with Crippen molar-refractivity contribution < 1.29 is 14.3 Å². The molecule has 1 heterocycles. The number of amides is 1. The van der Waals surface area contributed by atoms with Crippen molar-refractivity contribution in [1.29, 1.82) is 0 Å². The predicted molar refractivity (Wildman–Crippen MR) is 92.2 cm³/mol. The zero-order valence-corrected chi connectivity index (χ0v) is 14.6. The molecule has 1 amide bonds. The molecular weight excluding hydrogens is 290 g/mol. The summed E-state index contributed by atoms with van der Waals surface area (Å²) in [5, 5.41) is 0. The van der Waals surface area contributed by atoms with Crippen LogP contribution in [0.2, 0.25) is 0 Å². The molecule has 2 rings (SSSR count). The molecule has 0 saturated carbocycles. The van der Waals surface area contributed by atoms with Crippen molar-refractivity contribution in [3.05, 3.63) is 23.8 Å². The molecule has 4 heteroatoms. The van der Waals surface area contributed by atoms with E-state index < -0.39 is 0 Å². The molecule has 23 heavy (non-hydrogen) atoms. The van der Waals surface area contributed by atoms with Crippen LogP contribution in [-0.4, -0.2) is 38.1 Å². The van der Waals surface area contributed by atoms with E-state index in [1.807, 2.05) is 23.1 Å². The van der Waals surface area contributed by atoms with Crippen molar-refractivity contribution in [3.8, 4) is 11.5 Å². The topological polar surface area (TPSA) is 38.8 Å². The van der Waals surface area contributed by atoms with Crippen molar-refractivity contribution in [2.45, 2.75) is 51.4 Å². The molecule has 1 unspecified atom stereocenters. The minimum atomic E-state index is -0.141. The van der Waals surface area contributed by atoms with Gasteiger partial charge in [-0.05, 0) is 43.9 Å². The van der Waals surface area contributed by atoms with Crippen LogP contribution in [0.1, 0.15) is 56.9 Å². The fraction of sp³-hybridized carbons (Fsp3) is 0.632. The molecule has 1 saturated heterocycles. The number of hydrogen-bond donors (Lipinski definition) is 0. The largest absolute Gasteiger partial charge is 0.497 e. The highest BCUT2D eigenvalue weighted by molar-refractivity contribution is 5.84. The Bertz CT molecular complexity index is 509. The summed E-state index contributed by atoms with van der Waals surface area (Å²) < 4.78 is 10.9. The van der Waals surface area contributed by atoms with Gasteiger partial charge in [-0.3, -0.25) is 4.79 Å². The van der Waals surface area contributed by atoms with Crippen LogP contribution in [-0.2, 0) is 4.79 Å². The molecule has 1 atom stereocenters. The summed E-state index contributed by atoms with van der Waals surface area (Å²) in [5.41, 5.74) is 0.955. The molecule has 0 aliphatic carbocycles. The van der Waals surface area contributed by atoms with Crippen molar-refractivity contribution in [1.82, 2.24) is 4.90 Å². The summed E-state index contributed by atoms with van der Waals surface area (Å²) >= 11 is 0. The fourth-order valence-corrected chi connectivity index (χ4v) is 3.27. The first-order valence-electron chi connectivity index (χ1n) is 8.72. The number of nitrogens with zero attached hydrogens (tertiary/aromatic N) is 1. The summed E-state index contributed by atoms with van der Waals surface area (Å²) in [6.45, 7) is 3.92. The standard InChI is InChI=1S/C19H29NO3/c1-4-5-9-16(19(21)20-12-7-6-8-13-20)17-14-15(22-2)10-11-18(17)23-3/h10-11,14,16H,4-9,12-13H2,1-3H3. The highest BCUT2D eigenvalue weighted by Gasteiger charge is 2.29. The second-order valence-corrected chi connectivity index (χ2v) is 6.19. The number of ether oxygens (including phenoxy) is 2. The maximum Gasteiger partial charge on any atom is 0.230 e. The van der Waals surface area contributed by atoms with E-state index in [0.717, 1.165) is 62.3 Å². The third-order valence-electron chi connectivity index (χ3n) is 4.62. The number of unbranched alkanes of at least 4 members (excludes halogenated alkanes) is 1. The average molecular weight is 319 g/mol. The predicted octanol–water partition coefficient (Wildman–Crippen LogP) is 3.99. The van der Waals surface area contributed by atoms with Gasteiger partial charge in [-0.15, -0.1) is 0 Å². The van der Waals surface area contributed by atoms with Crippen molar-refractivity contribution in [2.75, 3.05) is 27.3 Å². The zero-order chi connectivity index (χ0) is 16.7. The number of piperidine rings is 1. The number of benzene rings is 1. The number of rotatable bonds is 7. The van der Waals surface area contributed by atoms with E-state index >= 15 is 0 Å². The Morgan fingerprint density at radius 2 is 1.91 bits per heavy atom. The van der Waals surface area contributed by atoms with Gasteiger partial charge >= 0.3 is 0 Å². The van der Waals surface area contributed by atoms with Crippen molar-refractivity contribution in [3.63, 3.8) is 0 Å². The second kappa shape index (κ2) is 8.80. The Hall–Kier alpha value is -1.71. The van der Waals surface area contributed by atoms with E-state index in [1.165, 1.54) is 6.42 Å². The van der Waals surface area contributed by atoms with E-state index in [9.17, 15) is 4.79 Å². The van der Waals surface area contributed by atoms with Gasteiger partial charge in [0.1, 0.15) is 11.5 Å². The number of methoxy groups -OCH3 is 2. The Morgan fingerprint density at radius 1 is 1.17 bits per heavy atom. The summed E-state index contributed by atoms with van der Waals surface area (Å²) in [6, 6.07) is 5.74. The molecule has 4 nitrogen and oxygen atoms in total. The third kappa shape index (κ3) is 4.40. The van der Waals surface area contributed by atoms with Crippen molar-refractivity contribution >= 4 is 5.91 Å². The van der Waals surface area contributed by atoms with Crippen LogP contribution < -0.4 is 9.47 Å².